The van der Waals surface area contributed by atoms with E-state index >= 15 is 0 Å². The standard InChI is InChI=1S/C10H13N3S/c1-8-12-6-10(14-8)7-13-4-2-3-9(13)5-11/h2-4,6H,5,7,11H2,1H3. The predicted octanol–water partition coefficient (Wildman–Crippen LogP) is 1.76. The second-order valence-electron chi connectivity index (χ2n) is 3.18. The van der Waals surface area contributed by atoms with E-state index in [0.29, 0.717) is 6.54 Å². The lowest BCUT2D eigenvalue weighted by atomic mass is 10.4. The van der Waals surface area contributed by atoms with Gasteiger partial charge in [-0.1, -0.05) is 0 Å². The van der Waals surface area contributed by atoms with Gasteiger partial charge in [-0.25, -0.2) is 4.98 Å². The highest BCUT2D eigenvalue weighted by atomic mass is 32.1. The van der Waals surface area contributed by atoms with Crippen LogP contribution in [0, 0.1) is 6.92 Å². The number of aryl methyl sites for hydroxylation is 1. The first-order valence-electron chi connectivity index (χ1n) is 4.55. The van der Waals surface area contributed by atoms with E-state index in [0.717, 1.165) is 17.2 Å². The van der Waals surface area contributed by atoms with Crippen molar-refractivity contribution in [3.05, 3.63) is 40.1 Å². The summed E-state index contributed by atoms with van der Waals surface area (Å²) in [4.78, 5) is 5.50. The maximum absolute atomic E-state index is 5.62. The predicted molar refractivity (Wildman–Crippen MR) is 58.3 cm³/mol. The lowest BCUT2D eigenvalue weighted by Gasteiger charge is -2.04. The Morgan fingerprint density at radius 3 is 3.07 bits per heavy atom. The third-order valence-electron chi connectivity index (χ3n) is 2.13. The Kier molecular flexibility index (Phi) is 2.65. The van der Waals surface area contributed by atoms with E-state index in [4.69, 9.17) is 5.73 Å². The average molecular weight is 207 g/mol. The Hall–Kier alpha value is -1.13. The summed E-state index contributed by atoms with van der Waals surface area (Å²) < 4.78 is 2.16. The highest BCUT2D eigenvalue weighted by Gasteiger charge is 2.02. The first-order chi connectivity index (χ1) is 6.79. The first kappa shape index (κ1) is 9.43. The van der Waals surface area contributed by atoms with Crippen LogP contribution in [0.5, 0.6) is 0 Å². The van der Waals surface area contributed by atoms with Crippen molar-refractivity contribution in [2.24, 2.45) is 5.73 Å². The van der Waals surface area contributed by atoms with Gasteiger partial charge in [-0.3, -0.25) is 0 Å². The van der Waals surface area contributed by atoms with E-state index in [9.17, 15) is 0 Å². The fourth-order valence-electron chi connectivity index (χ4n) is 1.44. The van der Waals surface area contributed by atoms with Crippen molar-refractivity contribution in [2.75, 3.05) is 0 Å². The van der Waals surface area contributed by atoms with Crippen LogP contribution in [0.15, 0.2) is 24.5 Å². The topological polar surface area (TPSA) is 43.8 Å². The molecule has 3 nitrogen and oxygen atoms in total. The van der Waals surface area contributed by atoms with Crippen LogP contribution in [0.2, 0.25) is 0 Å². The van der Waals surface area contributed by atoms with E-state index in [1.165, 1.54) is 4.88 Å². The van der Waals surface area contributed by atoms with Gasteiger partial charge in [0.2, 0.25) is 0 Å². The molecule has 0 aromatic carbocycles. The summed E-state index contributed by atoms with van der Waals surface area (Å²) >= 11 is 1.73. The Bertz CT molecular complexity index is 416. The molecule has 0 spiro atoms. The molecular formula is C10H13N3S. The number of nitrogens with zero attached hydrogens (tertiary/aromatic N) is 2. The average Bonchev–Trinajstić information content (AvgIpc) is 2.76. The van der Waals surface area contributed by atoms with Crippen LogP contribution in [0.1, 0.15) is 15.6 Å². The largest absolute Gasteiger partial charge is 0.345 e. The van der Waals surface area contributed by atoms with Gasteiger partial charge in [0.05, 0.1) is 11.6 Å². The quantitative estimate of drug-likeness (QED) is 0.833. The summed E-state index contributed by atoms with van der Waals surface area (Å²) in [6.07, 6.45) is 3.98. The van der Waals surface area contributed by atoms with Crippen LogP contribution in [-0.4, -0.2) is 9.55 Å². The number of aromatic nitrogens is 2. The van der Waals surface area contributed by atoms with Gasteiger partial charge in [0.15, 0.2) is 0 Å². The van der Waals surface area contributed by atoms with Crippen molar-refractivity contribution in [1.29, 1.82) is 0 Å². The van der Waals surface area contributed by atoms with Gasteiger partial charge in [-0.05, 0) is 19.1 Å². The molecule has 0 unspecified atom stereocenters. The smallest absolute Gasteiger partial charge is 0.0897 e. The van der Waals surface area contributed by atoms with Crippen molar-refractivity contribution in [3.63, 3.8) is 0 Å². The second kappa shape index (κ2) is 3.94. The Labute approximate surface area is 87.2 Å². The van der Waals surface area contributed by atoms with E-state index in [1.54, 1.807) is 11.3 Å². The van der Waals surface area contributed by atoms with Crippen LogP contribution in [-0.2, 0) is 13.1 Å². The van der Waals surface area contributed by atoms with Crippen LogP contribution in [0.3, 0.4) is 0 Å². The molecule has 2 aromatic rings. The molecule has 0 aliphatic rings. The molecule has 4 heteroatoms. The Morgan fingerprint density at radius 2 is 2.43 bits per heavy atom. The number of hydrogen-bond acceptors (Lipinski definition) is 3. The fourth-order valence-corrected chi connectivity index (χ4v) is 2.23. The normalized spacial score (nSPS) is 10.7. The highest BCUT2D eigenvalue weighted by molar-refractivity contribution is 7.11. The summed E-state index contributed by atoms with van der Waals surface area (Å²) in [5.74, 6) is 0. The van der Waals surface area contributed by atoms with E-state index in [2.05, 4.69) is 15.7 Å². The molecule has 0 amide bonds. The van der Waals surface area contributed by atoms with E-state index < -0.39 is 0 Å². The molecule has 0 atom stereocenters. The first-order valence-corrected chi connectivity index (χ1v) is 5.36. The van der Waals surface area contributed by atoms with E-state index in [1.807, 2.05) is 25.3 Å². The summed E-state index contributed by atoms with van der Waals surface area (Å²) in [6, 6.07) is 4.07. The van der Waals surface area contributed by atoms with Crippen molar-refractivity contribution < 1.29 is 0 Å². The molecule has 0 radical (unpaired) electrons. The van der Waals surface area contributed by atoms with E-state index in [-0.39, 0.29) is 0 Å². The molecule has 0 fully saturated rings. The minimum Gasteiger partial charge on any atom is -0.345 e. The van der Waals surface area contributed by atoms with Crippen LogP contribution < -0.4 is 5.73 Å². The number of rotatable bonds is 3. The SMILES string of the molecule is Cc1ncc(Cn2cccc2CN)s1. The molecule has 2 aromatic heterocycles. The van der Waals surface area contributed by atoms with Crippen molar-refractivity contribution in [1.82, 2.24) is 9.55 Å². The van der Waals surface area contributed by atoms with Gasteiger partial charge >= 0.3 is 0 Å². The molecule has 0 aliphatic carbocycles. The molecule has 74 valence electrons. The molecule has 0 aliphatic heterocycles. The zero-order valence-corrected chi connectivity index (χ0v) is 8.92. The monoisotopic (exact) mass is 207 g/mol. The number of nitrogens with two attached hydrogens (primary N) is 1. The Morgan fingerprint density at radius 1 is 1.57 bits per heavy atom. The third kappa shape index (κ3) is 1.86. The van der Waals surface area contributed by atoms with Gasteiger partial charge in [-0.2, -0.15) is 0 Å². The Balaban J connectivity index is 2.18. The maximum Gasteiger partial charge on any atom is 0.0897 e. The molecule has 2 N–H and O–H groups in total. The van der Waals surface area contributed by atoms with Gasteiger partial charge in [0, 0.05) is 29.5 Å². The third-order valence-corrected chi connectivity index (χ3v) is 3.03. The van der Waals surface area contributed by atoms with Crippen LogP contribution >= 0.6 is 11.3 Å². The van der Waals surface area contributed by atoms with Gasteiger partial charge in [0.25, 0.3) is 0 Å². The fraction of sp³-hybridized carbons (Fsp3) is 0.300. The zero-order valence-electron chi connectivity index (χ0n) is 8.10. The van der Waals surface area contributed by atoms with Gasteiger partial charge in [-0.15, -0.1) is 11.3 Å². The molecule has 2 heterocycles. The second-order valence-corrected chi connectivity index (χ2v) is 4.50. The lowest BCUT2D eigenvalue weighted by Crippen LogP contribution is -2.06. The molecule has 0 saturated heterocycles. The van der Waals surface area contributed by atoms with Crippen molar-refractivity contribution in [2.45, 2.75) is 20.0 Å². The van der Waals surface area contributed by atoms with Crippen molar-refractivity contribution in [3.8, 4) is 0 Å². The lowest BCUT2D eigenvalue weighted by molar-refractivity contribution is 0.751. The molecule has 14 heavy (non-hydrogen) atoms. The van der Waals surface area contributed by atoms with Gasteiger partial charge < -0.3 is 10.3 Å². The molecular weight excluding hydrogens is 194 g/mol. The zero-order chi connectivity index (χ0) is 9.97. The highest BCUT2D eigenvalue weighted by Crippen LogP contribution is 2.14. The number of hydrogen-bond donors (Lipinski definition) is 1. The molecule has 2 rings (SSSR count). The summed E-state index contributed by atoms with van der Waals surface area (Å²) in [7, 11) is 0. The number of thiazole rings is 1. The summed E-state index contributed by atoms with van der Waals surface area (Å²) in [5, 5.41) is 1.11. The minimum atomic E-state index is 0.588. The summed E-state index contributed by atoms with van der Waals surface area (Å²) in [5.41, 5.74) is 6.78. The molecule has 0 bridgehead atoms. The van der Waals surface area contributed by atoms with Crippen LogP contribution in [0.25, 0.3) is 0 Å². The maximum atomic E-state index is 5.62. The minimum absolute atomic E-state index is 0.588. The molecule has 0 saturated carbocycles. The summed E-state index contributed by atoms with van der Waals surface area (Å²) in [6.45, 7) is 3.49. The van der Waals surface area contributed by atoms with Crippen LogP contribution in [0.4, 0.5) is 0 Å². The van der Waals surface area contributed by atoms with Gasteiger partial charge in [0.1, 0.15) is 0 Å². The van der Waals surface area contributed by atoms with Crippen molar-refractivity contribution >= 4 is 11.3 Å².